The lowest BCUT2D eigenvalue weighted by atomic mass is 9.64. The Morgan fingerprint density at radius 3 is 2.06 bits per heavy atom. The van der Waals surface area contributed by atoms with Crippen LogP contribution in [0.4, 0.5) is 0 Å². The molecular weight excluding hydrogens is 206 g/mol. The van der Waals surface area contributed by atoms with Crippen molar-refractivity contribution in [1.29, 1.82) is 0 Å². The van der Waals surface area contributed by atoms with E-state index in [0.717, 1.165) is 0 Å². The lowest BCUT2D eigenvalue weighted by Gasteiger charge is -2.42. The van der Waals surface area contributed by atoms with Crippen molar-refractivity contribution in [1.82, 2.24) is 0 Å². The predicted octanol–water partition coefficient (Wildman–Crippen LogP) is 3.94. The molecule has 1 unspecified atom stereocenters. The number of nitrogens with two attached hydrogens (primary N) is 1. The first-order valence-electron chi connectivity index (χ1n) is 6.72. The maximum absolute atomic E-state index is 6.50. The molecule has 1 atom stereocenters. The van der Waals surface area contributed by atoms with Crippen LogP contribution in [-0.4, -0.2) is 5.54 Å². The zero-order valence-corrected chi connectivity index (χ0v) is 11.5. The molecule has 0 spiro atoms. The summed E-state index contributed by atoms with van der Waals surface area (Å²) in [5, 5.41) is 0. The minimum atomic E-state index is 0.0534. The Morgan fingerprint density at radius 1 is 1.12 bits per heavy atom. The van der Waals surface area contributed by atoms with Crippen molar-refractivity contribution in [2.24, 2.45) is 17.1 Å². The van der Waals surface area contributed by atoms with Crippen molar-refractivity contribution < 1.29 is 0 Å². The minimum Gasteiger partial charge on any atom is -0.325 e. The first-order chi connectivity index (χ1) is 7.88. The van der Waals surface area contributed by atoms with E-state index in [2.05, 4.69) is 58.0 Å². The summed E-state index contributed by atoms with van der Waals surface area (Å²) >= 11 is 0. The van der Waals surface area contributed by atoms with Crippen molar-refractivity contribution in [2.45, 2.75) is 52.0 Å². The summed E-state index contributed by atoms with van der Waals surface area (Å²) in [5.41, 5.74) is 8.16. The van der Waals surface area contributed by atoms with E-state index in [1.165, 1.54) is 18.4 Å². The Labute approximate surface area is 105 Å². The van der Waals surface area contributed by atoms with Crippen molar-refractivity contribution in [3.63, 3.8) is 0 Å². The summed E-state index contributed by atoms with van der Waals surface area (Å²) in [4.78, 5) is 0. The maximum atomic E-state index is 6.50. The van der Waals surface area contributed by atoms with Crippen LogP contribution < -0.4 is 5.73 Å². The fourth-order valence-electron chi connectivity index (χ4n) is 3.38. The third kappa shape index (κ3) is 2.13. The molecular formula is C16H25N. The zero-order valence-electron chi connectivity index (χ0n) is 11.5. The molecule has 1 heteroatoms. The monoisotopic (exact) mass is 231 g/mol. The average Bonchev–Trinajstić information content (AvgIpc) is 2.99. The normalized spacial score (nSPS) is 20.4. The smallest absolute Gasteiger partial charge is 0.0213 e. The van der Waals surface area contributed by atoms with Crippen molar-refractivity contribution in [3.05, 3.63) is 35.9 Å². The van der Waals surface area contributed by atoms with Crippen LogP contribution in [0.1, 0.15) is 52.0 Å². The van der Waals surface area contributed by atoms with Crippen LogP contribution in [0, 0.1) is 11.3 Å². The summed E-state index contributed by atoms with van der Waals surface area (Å²) in [7, 11) is 0. The first kappa shape index (κ1) is 12.6. The van der Waals surface area contributed by atoms with Crippen LogP contribution in [-0.2, 0) is 0 Å². The summed E-state index contributed by atoms with van der Waals surface area (Å²) < 4.78 is 0. The quantitative estimate of drug-likeness (QED) is 0.834. The molecule has 94 valence electrons. The molecule has 1 nitrogen and oxygen atoms in total. The van der Waals surface area contributed by atoms with Crippen LogP contribution in [0.15, 0.2) is 30.3 Å². The number of hydrogen-bond donors (Lipinski definition) is 1. The van der Waals surface area contributed by atoms with Gasteiger partial charge in [-0.1, -0.05) is 58.0 Å². The highest BCUT2D eigenvalue weighted by Gasteiger charge is 2.55. The van der Waals surface area contributed by atoms with Crippen molar-refractivity contribution in [3.8, 4) is 0 Å². The lowest BCUT2D eigenvalue weighted by Crippen LogP contribution is -2.45. The second-order valence-electron chi connectivity index (χ2n) is 6.51. The van der Waals surface area contributed by atoms with Gasteiger partial charge in [-0.3, -0.25) is 0 Å². The van der Waals surface area contributed by atoms with Crippen LogP contribution >= 0.6 is 0 Å². The average molecular weight is 231 g/mol. The number of benzene rings is 1. The molecule has 1 aromatic carbocycles. The number of hydrogen-bond acceptors (Lipinski definition) is 1. The van der Waals surface area contributed by atoms with E-state index in [1.54, 1.807) is 0 Å². The molecule has 0 heterocycles. The highest BCUT2D eigenvalue weighted by atomic mass is 14.9. The molecule has 0 amide bonds. The Bertz CT molecular complexity index is 374. The molecule has 0 bridgehead atoms. The Balaban J connectivity index is 2.36. The van der Waals surface area contributed by atoms with Gasteiger partial charge in [0.1, 0.15) is 0 Å². The van der Waals surface area contributed by atoms with E-state index in [9.17, 15) is 0 Å². The molecule has 2 rings (SSSR count). The summed E-state index contributed by atoms with van der Waals surface area (Å²) in [6, 6.07) is 10.9. The van der Waals surface area contributed by atoms with Gasteiger partial charge in [0.05, 0.1) is 0 Å². The first-order valence-corrected chi connectivity index (χ1v) is 6.72. The Kier molecular flexibility index (Phi) is 3.07. The maximum Gasteiger partial charge on any atom is 0.0213 e. The molecule has 1 fully saturated rings. The van der Waals surface area contributed by atoms with Gasteiger partial charge in [0.15, 0.2) is 0 Å². The van der Waals surface area contributed by atoms with Crippen LogP contribution in [0.2, 0.25) is 0 Å². The van der Waals surface area contributed by atoms with Gasteiger partial charge in [0.2, 0.25) is 0 Å². The van der Waals surface area contributed by atoms with Gasteiger partial charge in [-0.25, -0.2) is 0 Å². The molecule has 17 heavy (non-hydrogen) atoms. The van der Waals surface area contributed by atoms with E-state index in [4.69, 9.17) is 5.73 Å². The van der Waals surface area contributed by atoms with E-state index in [1.807, 2.05) is 0 Å². The van der Waals surface area contributed by atoms with Gasteiger partial charge in [-0.05, 0) is 35.7 Å². The topological polar surface area (TPSA) is 26.0 Å². The molecule has 0 saturated heterocycles. The molecule has 1 aliphatic rings. The highest BCUT2D eigenvalue weighted by Crippen LogP contribution is 2.56. The van der Waals surface area contributed by atoms with Crippen LogP contribution in [0.25, 0.3) is 0 Å². The summed E-state index contributed by atoms with van der Waals surface area (Å²) in [6.07, 6.45) is 2.35. The van der Waals surface area contributed by atoms with Gasteiger partial charge >= 0.3 is 0 Å². The SMILES string of the molecule is CC(C)C(c1ccccc1)C(C)(C)C1(N)CC1. The molecule has 1 aromatic rings. The fourth-order valence-corrected chi connectivity index (χ4v) is 3.38. The third-order valence-corrected chi connectivity index (χ3v) is 4.67. The summed E-state index contributed by atoms with van der Waals surface area (Å²) in [6.45, 7) is 9.31. The number of rotatable bonds is 4. The van der Waals surface area contributed by atoms with E-state index in [-0.39, 0.29) is 11.0 Å². The molecule has 0 aliphatic heterocycles. The van der Waals surface area contributed by atoms with E-state index in [0.29, 0.717) is 11.8 Å². The zero-order chi connectivity index (χ0) is 12.7. The van der Waals surface area contributed by atoms with Crippen LogP contribution in [0.5, 0.6) is 0 Å². The van der Waals surface area contributed by atoms with Gasteiger partial charge < -0.3 is 5.73 Å². The molecule has 2 N–H and O–H groups in total. The van der Waals surface area contributed by atoms with Gasteiger partial charge in [-0.2, -0.15) is 0 Å². The second kappa shape index (κ2) is 4.13. The highest BCUT2D eigenvalue weighted by molar-refractivity contribution is 5.26. The largest absolute Gasteiger partial charge is 0.325 e. The van der Waals surface area contributed by atoms with Crippen molar-refractivity contribution in [2.75, 3.05) is 0 Å². The Morgan fingerprint density at radius 2 is 1.65 bits per heavy atom. The Hall–Kier alpha value is -0.820. The molecule has 0 aromatic heterocycles. The standard InChI is InChI=1S/C16H25N/c1-12(2)14(13-8-6-5-7-9-13)15(3,4)16(17)10-11-16/h5-9,12,14H,10-11,17H2,1-4H3. The van der Waals surface area contributed by atoms with Gasteiger partial charge in [0, 0.05) is 5.54 Å². The van der Waals surface area contributed by atoms with Gasteiger partial charge in [-0.15, -0.1) is 0 Å². The van der Waals surface area contributed by atoms with Crippen LogP contribution in [0.3, 0.4) is 0 Å². The minimum absolute atomic E-state index is 0.0534. The van der Waals surface area contributed by atoms with Crippen molar-refractivity contribution >= 4 is 0 Å². The molecule has 1 aliphatic carbocycles. The molecule has 1 saturated carbocycles. The molecule has 0 radical (unpaired) electrons. The third-order valence-electron chi connectivity index (χ3n) is 4.67. The van der Waals surface area contributed by atoms with Gasteiger partial charge in [0.25, 0.3) is 0 Å². The fraction of sp³-hybridized carbons (Fsp3) is 0.625. The van der Waals surface area contributed by atoms with E-state index < -0.39 is 0 Å². The lowest BCUT2D eigenvalue weighted by molar-refractivity contribution is 0.169. The van der Waals surface area contributed by atoms with E-state index >= 15 is 0 Å². The predicted molar refractivity (Wildman–Crippen MR) is 74.0 cm³/mol. The summed E-state index contributed by atoms with van der Waals surface area (Å²) in [5.74, 6) is 1.16. The second-order valence-corrected chi connectivity index (χ2v) is 6.51.